The number of hydrogen-bond acceptors (Lipinski definition) is 3. The first kappa shape index (κ1) is 13.1. The Hall–Kier alpha value is -2.93. The average molecular weight is 277 g/mol. The van der Waals surface area contributed by atoms with E-state index in [0.29, 0.717) is 5.69 Å². The number of anilines is 1. The van der Waals surface area contributed by atoms with Crippen LogP contribution < -0.4 is 5.32 Å². The molecule has 1 unspecified atom stereocenters. The van der Waals surface area contributed by atoms with Gasteiger partial charge in [0.25, 0.3) is 0 Å². The van der Waals surface area contributed by atoms with Crippen LogP contribution in [0.2, 0.25) is 0 Å². The highest BCUT2D eigenvalue weighted by molar-refractivity contribution is 5.82. The number of benzene rings is 2. The number of nitrogens with zero attached hydrogens (tertiary/aromatic N) is 2. The fourth-order valence-corrected chi connectivity index (χ4v) is 2.29. The third kappa shape index (κ3) is 2.67. The van der Waals surface area contributed by atoms with Crippen LogP contribution >= 0.6 is 0 Å². The molecule has 0 saturated heterocycles. The molecule has 0 bridgehead atoms. The number of aromatic nitrogens is 1. The van der Waals surface area contributed by atoms with Gasteiger partial charge in [0.05, 0.1) is 11.6 Å². The molecule has 0 aliphatic heterocycles. The molecule has 0 saturated carbocycles. The molecule has 0 amide bonds. The highest BCUT2D eigenvalue weighted by atomic mass is 19.1. The van der Waals surface area contributed by atoms with E-state index in [4.69, 9.17) is 0 Å². The smallest absolute Gasteiger partial charge is 0.142 e. The van der Waals surface area contributed by atoms with Crippen molar-refractivity contribution >= 4 is 16.6 Å². The predicted octanol–water partition coefficient (Wildman–Crippen LogP) is 4.05. The Balaban J connectivity index is 2.01. The zero-order chi connectivity index (χ0) is 14.7. The lowest BCUT2D eigenvalue weighted by Gasteiger charge is -2.15. The molecule has 0 aliphatic carbocycles. The Morgan fingerprint density at radius 3 is 2.71 bits per heavy atom. The van der Waals surface area contributed by atoms with Crippen molar-refractivity contribution in [2.24, 2.45) is 0 Å². The lowest BCUT2D eigenvalue weighted by Crippen LogP contribution is -2.09. The van der Waals surface area contributed by atoms with Crippen molar-refractivity contribution in [2.45, 2.75) is 6.04 Å². The zero-order valence-corrected chi connectivity index (χ0v) is 11.1. The highest BCUT2D eigenvalue weighted by Gasteiger charge is 2.14. The topological polar surface area (TPSA) is 48.7 Å². The van der Waals surface area contributed by atoms with Gasteiger partial charge in [-0.2, -0.15) is 5.26 Å². The van der Waals surface area contributed by atoms with Crippen LogP contribution in [-0.2, 0) is 0 Å². The molecule has 1 heterocycles. The SMILES string of the molecule is N#CC(Nc1cccc(F)c1)c1cccc2cccnc12. The van der Waals surface area contributed by atoms with Gasteiger partial charge in [-0.25, -0.2) is 4.39 Å². The second-order valence-electron chi connectivity index (χ2n) is 4.64. The van der Waals surface area contributed by atoms with Crippen LogP contribution in [0.15, 0.2) is 60.8 Å². The van der Waals surface area contributed by atoms with Crippen LogP contribution in [0, 0.1) is 17.1 Å². The molecule has 3 rings (SSSR count). The first-order valence-corrected chi connectivity index (χ1v) is 6.53. The maximum absolute atomic E-state index is 13.2. The third-order valence-corrected chi connectivity index (χ3v) is 3.24. The largest absolute Gasteiger partial charge is 0.366 e. The summed E-state index contributed by atoms with van der Waals surface area (Å²) in [7, 11) is 0. The van der Waals surface area contributed by atoms with Crippen LogP contribution in [-0.4, -0.2) is 4.98 Å². The number of rotatable bonds is 3. The molecule has 0 fully saturated rings. The second-order valence-corrected chi connectivity index (χ2v) is 4.64. The summed E-state index contributed by atoms with van der Waals surface area (Å²) < 4.78 is 13.2. The van der Waals surface area contributed by atoms with E-state index in [1.165, 1.54) is 12.1 Å². The molecule has 0 aliphatic rings. The fraction of sp³-hybridized carbons (Fsp3) is 0.0588. The minimum absolute atomic E-state index is 0.340. The van der Waals surface area contributed by atoms with E-state index < -0.39 is 6.04 Å². The standard InChI is InChI=1S/C17H12FN3/c18-13-6-2-7-14(10-13)21-16(11-19)15-8-1-4-12-5-3-9-20-17(12)15/h1-10,16,21H. The maximum atomic E-state index is 13.2. The zero-order valence-electron chi connectivity index (χ0n) is 11.1. The van der Waals surface area contributed by atoms with Crippen molar-refractivity contribution in [2.75, 3.05) is 5.32 Å². The van der Waals surface area contributed by atoms with E-state index in [9.17, 15) is 9.65 Å². The number of pyridine rings is 1. The lowest BCUT2D eigenvalue weighted by atomic mass is 10.0. The number of hydrogen-bond donors (Lipinski definition) is 1. The van der Waals surface area contributed by atoms with Gasteiger partial charge < -0.3 is 5.32 Å². The molecule has 1 N–H and O–H groups in total. The lowest BCUT2D eigenvalue weighted by molar-refractivity contribution is 0.628. The number of halogens is 1. The molecule has 2 aromatic carbocycles. The highest BCUT2D eigenvalue weighted by Crippen LogP contribution is 2.25. The summed E-state index contributed by atoms with van der Waals surface area (Å²) in [5.74, 6) is -0.340. The summed E-state index contributed by atoms with van der Waals surface area (Å²) in [4.78, 5) is 4.34. The summed E-state index contributed by atoms with van der Waals surface area (Å²) in [5.41, 5.74) is 2.12. The van der Waals surface area contributed by atoms with E-state index >= 15 is 0 Å². The average Bonchev–Trinajstić information content (AvgIpc) is 2.52. The molecule has 21 heavy (non-hydrogen) atoms. The van der Waals surface area contributed by atoms with Crippen molar-refractivity contribution in [3.8, 4) is 6.07 Å². The van der Waals surface area contributed by atoms with E-state index in [-0.39, 0.29) is 5.82 Å². The molecule has 1 aromatic heterocycles. The van der Waals surface area contributed by atoms with E-state index in [1.807, 2.05) is 30.3 Å². The predicted molar refractivity (Wildman–Crippen MR) is 80.1 cm³/mol. The van der Waals surface area contributed by atoms with Gasteiger partial charge in [0.15, 0.2) is 0 Å². The van der Waals surface area contributed by atoms with Crippen LogP contribution in [0.4, 0.5) is 10.1 Å². The molecule has 1 atom stereocenters. The monoisotopic (exact) mass is 277 g/mol. The Labute approximate surface area is 121 Å². The number of fused-ring (bicyclic) bond motifs is 1. The summed E-state index contributed by atoms with van der Waals surface area (Å²) >= 11 is 0. The maximum Gasteiger partial charge on any atom is 0.142 e. The molecular formula is C17H12FN3. The quantitative estimate of drug-likeness (QED) is 0.785. The van der Waals surface area contributed by atoms with Crippen molar-refractivity contribution in [1.82, 2.24) is 4.98 Å². The molecule has 3 nitrogen and oxygen atoms in total. The molecule has 3 aromatic rings. The Kier molecular flexibility index (Phi) is 3.48. The normalized spacial score (nSPS) is 11.8. The van der Waals surface area contributed by atoms with Crippen molar-refractivity contribution in [1.29, 1.82) is 5.26 Å². The van der Waals surface area contributed by atoms with E-state index in [0.717, 1.165) is 16.5 Å². The van der Waals surface area contributed by atoms with Crippen molar-refractivity contribution in [3.63, 3.8) is 0 Å². The van der Waals surface area contributed by atoms with E-state index in [2.05, 4.69) is 16.4 Å². The summed E-state index contributed by atoms with van der Waals surface area (Å²) in [6.07, 6.45) is 1.70. The molecular weight excluding hydrogens is 265 g/mol. The first-order chi connectivity index (χ1) is 10.3. The molecule has 0 spiro atoms. The van der Waals surface area contributed by atoms with Crippen LogP contribution in [0.3, 0.4) is 0 Å². The summed E-state index contributed by atoms with van der Waals surface area (Å²) in [6, 6.07) is 17.2. The van der Waals surface area contributed by atoms with Gasteiger partial charge in [0.2, 0.25) is 0 Å². The van der Waals surface area contributed by atoms with Gasteiger partial charge in [0.1, 0.15) is 11.9 Å². The number of para-hydroxylation sites is 1. The summed E-state index contributed by atoms with van der Waals surface area (Å²) in [6.45, 7) is 0. The Morgan fingerprint density at radius 2 is 1.90 bits per heavy atom. The van der Waals surface area contributed by atoms with E-state index in [1.54, 1.807) is 18.3 Å². The van der Waals surface area contributed by atoms with Gasteiger partial charge in [0, 0.05) is 22.8 Å². The van der Waals surface area contributed by atoms with Crippen LogP contribution in [0.5, 0.6) is 0 Å². The minimum atomic E-state index is -0.592. The molecule has 4 heteroatoms. The second kappa shape index (κ2) is 5.59. The van der Waals surface area contributed by atoms with Crippen LogP contribution in [0.1, 0.15) is 11.6 Å². The molecule has 0 radical (unpaired) electrons. The van der Waals surface area contributed by atoms with Gasteiger partial charge in [-0.05, 0) is 24.3 Å². The Morgan fingerprint density at radius 1 is 1.10 bits per heavy atom. The summed E-state index contributed by atoms with van der Waals surface area (Å²) in [5, 5.41) is 13.4. The van der Waals surface area contributed by atoms with Gasteiger partial charge in [-0.3, -0.25) is 4.98 Å². The third-order valence-electron chi connectivity index (χ3n) is 3.24. The van der Waals surface area contributed by atoms with Gasteiger partial charge in [-0.15, -0.1) is 0 Å². The van der Waals surface area contributed by atoms with Crippen molar-refractivity contribution < 1.29 is 4.39 Å². The number of nitrogens with one attached hydrogen (secondary N) is 1. The fourth-order valence-electron chi connectivity index (χ4n) is 2.29. The molecule has 102 valence electrons. The van der Waals surface area contributed by atoms with Gasteiger partial charge >= 0.3 is 0 Å². The number of nitriles is 1. The Bertz CT molecular complexity index is 818. The first-order valence-electron chi connectivity index (χ1n) is 6.53. The minimum Gasteiger partial charge on any atom is -0.366 e. The van der Waals surface area contributed by atoms with Gasteiger partial charge in [-0.1, -0.05) is 30.3 Å². The van der Waals surface area contributed by atoms with Crippen molar-refractivity contribution in [3.05, 3.63) is 72.2 Å². The van der Waals surface area contributed by atoms with Crippen LogP contribution in [0.25, 0.3) is 10.9 Å².